The Morgan fingerprint density at radius 3 is 2.64 bits per heavy atom. The third kappa shape index (κ3) is 1.70. The van der Waals surface area contributed by atoms with Gasteiger partial charge in [0.25, 0.3) is 0 Å². The fourth-order valence-corrected chi connectivity index (χ4v) is 5.81. The molecular weight excluding hydrogens is 276 g/mol. The van der Waals surface area contributed by atoms with E-state index in [9.17, 15) is 15.3 Å². The monoisotopic (exact) mass is 302 g/mol. The third-order valence-corrected chi connectivity index (χ3v) is 7.25. The van der Waals surface area contributed by atoms with Crippen LogP contribution in [0.3, 0.4) is 0 Å². The fraction of sp³-hybridized carbons (Fsp3) is 0.684. The van der Waals surface area contributed by atoms with Crippen LogP contribution in [0.1, 0.15) is 39.5 Å². The van der Waals surface area contributed by atoms with E-state index < -0.39 is 6.10 Å². The van der Waals surface area contributed by atoms with Gasteiger partial charge in [0.2, 0.25) is 0 Å². The predicted molar refractivity (Wildman–Crippen MR) is 85.1 cm³/mol. The molecule has 0 aromatic carbocycles. The van der Waals surface area contributed by atoms with Crippen LogP contribution in [0.4, 0.5) is 0 Å². The van der Waals surface area contributed by atoms with Gasteiger partial charge in [0, 0.05) is 11.3 Å². The second-order valence-corrected chi connectivity index (χ2v) is 8.20. The lowest BCUT2D eigenvalue weighted by molar-refractivity contribution is -0.0528. The van der Waals surface area contributed by atoms with Crippen LogP contribution in [0.15, 0.2) is 35.6 Å². The molecule has 0 amide bonds. The summed E-state index contributed by atoms with van der Waals surface area (Å²) in [6.45, 7) is 4.43. The van der Waals surface area contributed by atoms with E-state index in [-0.39, 0.29) is 22.9 Å². The van der Waals surface area contributed by atoms with Gasteiger partial charge < -0.3 is 15.3 Å². The first-order chi connectivity index (χ1) is 10.4. The molecule has 3 heteroatoms. The van der Waals surface area contributed by atoms with Crippen molar-refractivity contribution < 1.29 is 15.3 Å². The number of allylic oxidation sites excluding steroid dienone is 4. The molecule has 2 saturated carbocycles. The smallest absolute Gasteiger partial charge is 0.0962 e. The SMILES string of the molecule is C[C@]12C=CC(O)C=C1C=C(O)[C@@H]1[C@H]2CC[C@]2(C)C(O)CC[C@@H]12. The van der Waals surface area contributed by atoms with Crippen LogP contribution in [0, 0.1) is 28.6 Å². The number of hydrogen-bond donors (Lipinski definition) is 3. The van der Waals surface area contributed by atoms with Crippen molar-refractivity contribution in [3.63, 3.8) is 0 Å². The van der Waals surface area contributed by atoms with Gasteiger partial charge in [-0.05, 0) is 60.7 Å². The van der Waals surface area contributed by atoms with Crippen LogP contribution in [0.2, 0.25) is 0 Å². The van der Waals surface area contributed by atoms with Gasteiger partial charge in [-0.2, -0.15) is 0 Å². The highest BCUT2D eigenvalue weighted by Crippen LogP contribution is 2.64. The fourth-order valence-electron chi connectivity index (χ4n) is 5.81. The zero-order valence-corrected chi connectivity index (χ0v) is 13.4. The number of rotatable bonds is 0. The summed E-state index contributed by atoms with van der Waals surface area (Å²) in [4.78, 5) is 0. The maximum Gasteiger partial charge on any atom is 0.0962 e. The van der Waals surface area contributed by atoms with Gasteiger partial charge in [0.05, 0.1) is 18.0 Å². The van der Waals surface area contributed by atoms with Crippen LogP contribution >= 0.6 is 0 Å². The van der Waals surface area contributed by atoms with Gasteiger partial charge >= 0.3 is 0 Å². The highest BCUT2D eigenvalue weighted by Gasteiger charge is 2.59. The third-order valence-electron chi connectivity index (χ3n) is 7.25. The largest absolute Gasteiger partial charge is 0.512 e. The Balaban J connectivity index is 1.80. The molecule has 4 aliphatic rings. The van der Waals surface area contributed by atoms with E-state index in [0.717, 1.165) is 31.3 Å². The van der Waals surface area contributed by atoms with Crippen LogP contribution in [-0.2, 0) is 0 Å². The molecule has 120 valence electrons. The van der Waals surface area contributed by atoms with E-state index >= 15 is 0 Å². The molecule has 2 fully saturated rings. The molecule has 22 heavy (non-hydrogen) atoms. The zero-order chi connectivity index (χ0) is 15.7. The minimum absolute atomic E-state index is 0.0571. The Morgan fingerprint density at radius 1 is 1.09 bits per heavy atom. The molecule has 0 aliphatic heterocycles. The highest BCUT2D eigenvalue weighted by molar-refractivity contribution is 5.43. The second kappa shape index (κ2) is 4.48. The van der Waals surface area contributed by atoms with E-state index in [1.807, 2.05) is 18.2 Å². The number of aliphatic hydroxyl groups excluding tert-OH is 3. The van der Waals surface area contributed by atoms with Gasteiger partial charge in [-0.3, -0.25) is 0 Å². The van der Waals surface area contributed by atoms with Gasteiger partial charge in [0.1, 0.15) is 0 Å². The Hall–Kier alpha value is -1.06. The lowest BCUT2D eigenvalue weighted by Gasteiger charge is -2.55. The average molecular weight is 302 g/mol. The van der Waals surface area contributed by atoms with E-state index in [0.29, 0.717) is 17.6 Å². The summed E-state index contributed by atoms with van der Waals surface area (Å²) >= 11 is 0. The normalized spacial score (nSPS) is 53.2. The van der Waals surface area contributed by atoms with Gasteiger partial charge in [0.15, 0.2) is 0 Å². The molecule has 3 N–H and O–H groups in total. The highest BCUT2D eigenvalue weighted by atomic mass is 16.3. The molecule has 0 aromatic heterocycles. The predicted octanol–water partition coefficient (Wildman–Crippen LogP) is 3.11. The molecule has 0 spiro atoms. The quantitative estimate of drug-likeness (QED) is 0.603. The van der Waals surface area contributed by atoms with Crippen molar-refractivity contribution in [2.45, 2.75) is 51.7 Å². The van der Waals surface area contributed by atoms with Gasteiger partial charge in [-0.25, -0.2) is 0 Å². The lowest BCUT2D eigenvalue weighted by Crippen LogP contribution is -2.50. The minimum atomic E-state index is -0.550. The summed E-state index contributed by atoms with van der Waals surface area (Å²) in [6.07, 6.45) is 10.9. The Morgan fingerprint density at radius 2 is 1.86 bits per heavy atom. The molecule has 0 saturated heterocycles. The Kier molecular flexibility index (Phi) is 2.96. The summed E-state index contributed by atoms with van der Waals surface area (Å²) in [5.74, 6) is 1.31. The molecule has 7 atom stereocenters. The zero-order valence-electron chi connectivity index (χ0n) is 13.4. The lowest BCUT2D eigenvalue weighted by atomic mass is 9.50. The molecule has 0 heterocycles. The van der Waals surface area contributed by atoms with Crippen LogP contribution in [0.5, 0.6) is 0 Å². The van der Waals surface area contributed by atoms with Crippen molar-refractivity contribution in [3.05, 3.63) is 35.6 Å². The first-order valence-corrected chi connectivity index (χ1v) is 8.54. The number of hydrogen-bond acceptors (Lipinski definition) is 3. The molecule has 4 rings (SSSR count). The summed E-state index contributed by atoms with van der Waals surface area (Å²) < 4.78 is 0. The van der Waals surface area contributed by atoms with Crippen molar-refractivity contribution in [1.82, 2.24) is 0 Å². The first kappa shape index (κ1) is 14.5. The summed E-state index contributed by atoms with van der Waals surface area (Å²) in [5, 5.41) is 31.0. The summed E-state index contributed by atoms with van der Waals surface area (Å²) in [6, 6.07) is 0. The Bertz CT molecular complexity index is 589. The first-order valence-electron chi connectivity index (χ1n) is 8.54. The van der Waals surface area contributed by atoms with Crippen molar-refractivity contribution >= 4 is 0 Å². The van der Waals surface area contributed by atoms with Gasteiger partial charge in [-0.1, -0.05) is 26.0 Å². The summed E-state index contributed by atoms with van der Waals surface area (Å²) in [7, 11) is 0. The van der Waals surface area contributed by atoms with E-state index in [2.05, 4.69) is 19.9 Å². The van der Waals surface area contributed by atoms with Crippen molar-refractivity contribution in [1.29, 1.82) is 0 Å². The van der Waals surface area contributed by atoms with Crippen molar-refractivity contribution in [2.75, 3.05) is 0 Å². The molecule has 0 aromatic rings. The van der Waals surface area contributed by atoms with Crippen LogP contribution in [0.25, 0.3) is 0 Å². The van der Waals surface area contributed by atoms with E-state index in [1.54, 1.807) is 0 Å². The number of aliphatic hydroxyl groups is 3. The standard InChI is InChI=1S/C19H26O3/c1-18-7-5-12(20)9-11(18)10-15(21)17-13-3-4-16(22)19(13,2)8-6-14(17)18/h5,7,9-10,12-14,16-17,20-22H,3-4,6,8H2,1-2H3/t12?,13-,14+,16?,17-,18-,19-/m0/s1. The maximum atomic E-state index is 10.7. The number of fused-ring (bicyclic) bond motifs is 5. The van der Waals surface area contributed by atoms with E-state index in [1.165, 1.54) is 0 Å². The topological polar surface area (TPSA) is 60.7 Å². The minimum Gasteiger partial charge on any atom is -0.512 e. The molecule has 2 unspecified atom stereocenters. The maximum absolute atomic E-state index is 10.7. The molecule has 0 bridgehead atoms. The van der Waals surface area contributed by atoms with Crippen LogP contribution < -0.4 is 0 Å². The molecular formula is C19H26O3. The molecule has 3 nitrogen and oxygen atoms in total. The molecule has 0 radical (unpaired) electrons. The van der Waals surface area contributed by atoms with E-state index in [4.69, 9.17) is 0 Å². The summed E-state index contributed by atoms with van der Waals surface area (Å²) in [5.41, 5.74) is 0.882. The second-order valence-electron chi connectivity index (χ2n) is 8.20. The van der Waals surface area contributed by atoms with Crippen molar-refractivity contribution in [2.24, 2.45) is 28.6 Å². The van der Waals surface area contributed by atoms with Gasteiger partial charge in [-0.15, -0.1) is 0 Å². The Labute approximate surface area is 132 Å². The average Bonchev–Trinajstić information content (AvgIpc) is 2.77. The van der Waals surface area contributed by atoms with Crippen LogP contribution in [-0.4, -0.2) is 27.5 Å². The van der Waals surface area contributed by atoms with Crippen molar-refractivity contribution in [3.8, 4) is 0 Å². The molecule has 4 aliphatic carbocycles.